The smallest absolute Gasteiger partial charge is 0.223 e. The molecular formula is C11H23NO. The Balaban J connectivity index is 4.19. The predicted octanol–water partition coefficient (Wildman–Crippen LogP) is 2.58. The third kappa shape index (κ3) is 3.79. The third-order valence-electron chi connectivity index (χ3n) is 2.95. The van der Waals surface area contributed by atoms with E-state index in [0.29, 0.717) is 5.92 Å². The highest BCUT2D eigenvalue weighted by Gasteiger charge is 2.25. The largest absolute Gasteiger partial charge is 0.351 e. The van der Waals surface area contributed by atoms with Gasteiger partial charge in [0.15, 0.2) is 0 Å². The minimum absolute atomic E-state index is 0.0967. The summed E-state index contributed by atoms with van der Waals surface area (Å²) in [5, 5.41) is 3.07. The van der Waals surface area contributed by atoms with Crippen LogP contribution in [0.2, 0.25) is 0 Å². The highest BCUT2D eigenvalue weighted by atomic mass is 16.2. The molecule has 0 rings (SSSR count). The summed E-state index contributed by atoms with van der Waals surface area (Å²) in [5.41, 5.74) is -0.0967. The van der Waals surface area contributed by atoms with Gasteiger partial charge < -0.3 is 5.32 Å². The Morgan fingerprint density at radius 3 is 2.08 bits per heavy atom. The van der Waals surface area contributed by atoms with Gasteiger partial charge in [-0.15, -0.1) is 0 Å². The van der Waals surface area contributed by atoms with E-state index in [4.69, 9.17) is 0 Å². The van der Waals surface area contributed by atoms with Crippen molar-refractivity contribution in [2.24, 2.45) is 11.8 Å². The van der Waals surface area contributed by atoms with E-state index in [-0.39, 0.29) is 17.4 Å². The lowest BCUT2D eigenvalue weighted by Crippen LogP contribution is -2.49. The van der Waals surface area contributed by atoms with E-state index in [1.807, 2.05) is 13.8 Å². The Bertz CT molecular complexity index is 173. The zero-order valence-electron chi connectivity index (χ0n) is 9.77. The van der Waals surface area contributed by atoms with Crippen LogP contribution < -0.4 is 5.32 Å². The Labute approximate surface area is 82.1 Å². The second-order valence-corrected chi connectivity index (χ2v) is 4.67. The predicted molar refractivity (Wildman–Crippen MR) is 56.5 cm³/mol. The molecule has 78 valence electrons. The number of hydrogen-bond donors (Lipinski definition) is 1. The molecule has 2 nitrogen and oxygen atoms in total. The van der Waals surface area contributed by atoms with Gasteiger partial charge in [0, 0.05) is 11.5 Å². The lowest BCUT2D eigenvalue weighted by atomic mass is 9.90. The van der Waals surface area contributed by atoms with Gasteiger partial charge >= 0.3 is 0 Å². The summed E-state index contributed by atoms with van der Waals surface area (Å²) in [4.78, 5) is 11.6. The first-order valence-corrected chi connectivity index (χ1v) is 5.13. The summed E-state index contributed by atoms with van der Waals surface area (Å²) in [6.45, 7) is 12.4. The highest BCUT2D eigenvalue weighted by Crippen LogP contribution is 2.16. The summed E-state index contributed by atoms with van der Waals surface area (Å²) < 4.78 is 0. The Kier molecular flexibility index (Phi) is 4.45. The Hall–Kier alpha value is -0.530. The summed E-state index contributed by atoms with van der Waals surface area (Å²) in [5.74, 6) is 0.750. The summed E-state index contributed by atoms with van der Waals surface area (Å²) >= 11 is 0. The minimum atomic E-state index is -0.0967. The van der Waals surface area contributed by atoms with Gasteiger partial charge in [-0.1, -0.05) is 27.7 Å². The number of amides is 1. The SMILES string of the molecule is CCC(C)C(=O)NC(C)(C)C(C)C. The van der Waals surface area contributed by atoms with Gasteiger partial charge in [0.1, 0.15) is 0 Å². The normalized spacial score (nSPS) is 14.4. The van der Waals surface area contributed by atoms with Crippen LogP contribution in [-0.4, -0.2) is 11.4 Å². The van der Waals surface area contributed by atoms with E-state index in [1.54, 1.807) is 0 Å². The first-order chi connectivity index (χ1) is 5.81. The van der Waals surface area contributed by atoms with Gasteiger partial charge in [-0.05, 0) is 26.2 Å². The quantitative estimate of drug-likeness (QED) is 0.716. The molecule has 13 heavy (non-hydrogen) atoms. The molecule has 1 amide bonds. The average Bonchev–Trinajstić information content (AvgIpc) is 2.01. The van der Waals surface area contributed by atoms with Crippen molar-refractivity contribution in [3.05, 3.63) is 0 Å². The molecule has 1 unspecified atom stereocenters. The molecule has 0 bridgehead atoms. The molecule has 0 aliphatic carbocycles. The van der Waals surface area contributed by atoms with Gasteiger partial charge in [0.2, 0.25) is 5.91 Å². The van der Waals surface area contributed by atoms with Crippen LogP contribution in [-0.2, 0) is 4.79 Å². The lowest BCUT2D eigenvalue weighted by molar-refractivity contribution is -0.126. The standard InChI is InChI=1S/C11H23NO/c1-7-9(4)10(13)12-11(5,6)8(2)3/h8-9H,7H2,1-6H3,(H,12,13). The Morgan fingerprint density at radius 1 is 1.31 bits per heavy atom. The number of carbonyl (C=O) groups is 1. The molecule has 1 atom stereocenters. The van der Waals surface area contributed by atoms with Crippen LogP contribution in [0.25, 0.3) is 0 Å². The van der Waals surface area contributed by atoms with Crippen molar-refractivity contribution >= 4 is 5.91 Å². The molecule has 0 heterocycles. The number of rotatable bonds is 4. The number of nitrogens with one attached hydrogen (secondary N) is 1. The molecule has 0 aromatic rings. The van der Waals surface area contributed by atoms with Crippen molar-refractivity contribution in [1.29, 1.82) is 0 Å². The first kappa shape index (κ1) is 12.5. The van der Waals surface area contributed by atoms with E-state index in [1.165, 1.54) is 0 Å². The monoisotopic (exact) mass is 185 g/mol. The maximum Gasteiger partial charge on any atom is 0.223 e. The summed E-state index contributed by atoms with van der Waals surface area (Å²) in [6.07, 6.45) is 0.903. The van der Waals surface area contributed by atoms with Crippen LogP contribution in [0.4, 0.5) is 0 Å². The Morgan fingerprint density at radius 2 is 1.77 bits per heavy atom. The topological polar surface area (TPSA) is 29.1 Å². The molecule has 0 radical (unpaired) electrons. The van der Waals surface area contributed by atoms with Gasteiger partial charge in [-0.3, -0.25) is 4.79 Å². The summed E-state index contributed by atoms with van der Waals surface area (Å²) in [6, 6.07) is 0. The maximum atomic E-state index is 11.6. The molecule has 0 aliphatic heterocycles. The van der Waals surface area contributed by atoms with Crippen LogP contribution in [0.5, 0.6) is 0 Å². The lowest BCUT2D eigenvalue weighted by Gasteiger charge is -2.31. The van der Waals surface area contributed by atoms with Crippen molar-refractivity contribution in [3.8, 4) is 0 Å². The van der Waals surface area contributed by atoms with Crippen molar-refractivity contribution in [1.82, 2.24) is 5.32 Å². The van der Waals surface area contributed by atoms with Crippen molar-refractivity contribution < 1.29 is 4.79 Å². The first-order valence-electron chi connectivity index (χ1n) is 5.13. The van der Waals surface area contributed by atoms with Gasteiger partial charge in [0.25, 0.3) is 0 Å². The fourth-order valence-corrected chi connectivity index (χ4v) is 0.770. The molecule has 0 saturated heterocycles. The second kappa shape index (κ2) is 4.64. The fraction of sp³-hybridized carbons (Fsp3) is 0.909. The van der Waals surface area contributed by atoms with E-state index >= 15 is 0 Å². The maximum absolute atomic E-state index is 11.6. The van der Waals surface area contributed by atoms with Crippen LogP contribution in [0.1, 0.15) is 48.0 Å². The molecule has 0 saturated carbocycles. The van der Waals surface area contributed by atoms with Crippen LogP contribution >= 0.6 is 0 Å². The van der Waals surface area contributed by atoms with Crippen molar-refractivity contribution in [2.45, 2.75) is 53.5 Å². The average molecular weight is 185 g/mol. The van der Waals surface area contributed by atoms with Crippen molar-refractivity contribution in [2.75, 3.05) is 0 Å². The van der Waals surface area contributed by atoms with Crippen LogP contribution in [0, 0.1) is 11.8 Å². The van der Waals surface area contributed by atoms with Gasteiger partial charge in [-0.2, -0.15) is 0 Å². The molecule has 0 fully saturated rings. The molecule has 0 aromatic carbocycles. The van der Waals surface area contributed by atoms with E-state index in [2.05, 4.69) is 33.0 Å². The van der Waals surface area contributed by atoms with Crippen LogP contribution in [0.3, 0.4) is 0 Å². The molecule has 0 aromatic heterocycles. The van der Waals surface area contributed by atoms with Gasteiger partial charge in [-0.25, -0.2) is 0 Å². The number of hydrogen-bond acceptors (Lipinski definition) is 1. The van der Waals surface area contributed by atoms with E-state index in [9.17, 15) is 4.79 Å². The molecule has 0 aliphatic rings. The fourth-order valence-electron chi connectivity index (χ4n) is 0.770. The van der Waals surface area contributed by atoms with Crippen molar-refractivity contribution in [3.63, 3.8) is 0 Å². The minimum Gasteiger partial charge on any atom is -0.351 e. The van der Waals surface area contributed by atoms with Gasteiger partial charge in [0.05, 0.1) is 0 Å². The van der Waals surface area contributed by atoms with E-state index < -0.39 is 0 Å². The second-order valence-electron chi connectivity index (χ2n) is 4.67. The zero-order chi connectivity index (χ0) is 10.6. The highest BCUT2D eigenvalue weighted by molar-refractivity contribution is 5.78. The molecule has 1 N–H and O–H groups in total. The third-order valence-corrected chi connectivity index (χ3v) is 2.95. The van der Waals surface area contributed by atoms with Crippen LogP contribution in [0.15, 0.2) is 0 Å². The zero-order valence-corrected chi connectivity index (χ0v) is 9.77. The summed E-state index contributed by atoms with van der Waals surface area (Å²) in [7, 11) is 0. The van der Waals surface area contributed by atoms with E-state index in [0.717, 1.165) is 6.42 Å². The molecule has 0 spiro atoms. The number of carbonyl (C=O) groups excluding carboxylic acids is 1. The molecule has 2 heteroatoms. The molecular weight excluding hydrogens is 162 g/mol.